The van der Waals surface area contributed by atoms with E-state index >= 15 is 0 Å². The Kier molecular flexibility index (Phi) is 7.20. The van der Waals surface area contributed by atoms with Gasteiger partial charge in [-0.2, -0.15) is 0 Å². The molecule has 0 bridgehead atoms. The molecule has 0 radical (unpaired) electrons. The Hall–Kier alpha value is -2.62. The number of hydrogen-bond donors (Lipinski definition) is 1. The molecule has 0 aliphatic rings. The maximum Gasteiger partial charge on any atom is 0.305 e. The molecule has 4 nitrogen and oxygen atoms in total. The number of carbonyl (C=O) groups is 2. The van der Waals surface area contributed by atoms with Crippen molar-refractivity contribution in [3.63, 3.8) is 0 Å². The van der Waals surface area contributed by atoms with Gasteiger partial charge in [-0.3, -0.25) is 9.59 Å². The molecule has 0 aliphatic carbocycles. The lowest BCUT2D eigenvalue weighted by Crippen LogP contribution is -2.39. The molecule has 0 unspecified atom stereocenters. The highest BCUT2D eigenvalue weighted by atomic mass is 16.4. The summed E-state index contributed by atoms with van der Waals surface area (Å²) >= 11 is 0. The van der Waals surface area contributed by atoms with Crippen LogP contribution in [-0.4, -0.2) is 35.0 Å². The summed E-state index contributed by atoms with van der Waals surface area (Å²) in [5, 5.41) is 8.91. The van der Waals surface area contributed by atoms with Crippen LogP contribution in [0.4, 0.5) is 0 Å². The summed E-state index contributed by atoms with van der Waals surface area (Å²) in [4.78, 5) is 25.5. The number of benzene rings is 2. The second kappa shape index (κ2) is 9.62. The van der Waals surface area contributed by atoms with Gasteiger partial charge in [0.15, 0.2) is 0 Å². The standard InChI is InChI=1S/C21H25NO3/c1-2-22(14-13-20(23)24)21(25)19(15-17-9-5-3-6-10-17)16-18-11-7-4-8-12-18/h3-12,19H,2,13-16H2,1H3,(H,23,24). The van der Waals surface area contributed by atoms with E-state index in [0.29, 0.717) is 19.4 Å². The highest BCUT2D eigenvalue weighted by molar-refractivity contribution is 5.80. The second-order valence-corrected chi connectivity index (χ2v) is 6.14. The fourth-order valence-electron chi connectivity index (χ4n) is 2.96. The summed E-state index contributed by atoms with van der Waals surface area (Å²) in [6.07, 6.45) is 1.28. The van der Waals surface area contributed by atoms with Gasteiger partial charge in [0.1, 0.15) is 0 Å². The van der Waals surface area contributed by atoms with Crippen LogP contribution in [0.5, 0.6) is 0 Å². The number of hydrogen-bond acceptors (Lipinski definition) is 2. The minimum absolute atomic E-state index is 0.0245. The average molecular weight is 339 g/mol. The molecule has 25 heavy (non-hydrogen) atoms. The van der Waals surface area contributed by atoms with Crippen LogP contribution in [0, 0.1) is 5.92 Å². The maximum absolute atomic E-state index is 13.0. The Balaban J connectivity index is 2.16. The van der Waals surface area contributed by atoms with Crippen molar-refractivity contribution < 1.29 is 14.7 Å². The van der Waals surface area contributed by atoms with Crippen molar-refractivity contribution in [2.75, 3.05) is 13.1 Å². The smallest absolute Gasteiger partial charge is 0.305 e. The monoisotopic (exact) mass is 339 g/mol. The lowest BCUT2D eigenvalue weighted by molar-refractivity contribution is -0.139. The molecular formula is C21H25NO3. The molecule has 0 aromatic heterocycles. The maximum atomic E-state index is 13.0. The molecule has 2 rings (SSSR count). The third kappa shape index (κ3) is 6.07. The van der Waals surface area contributed by atoms with Crippen molar-refractivity contribution in [2.24, 2.45) is 5.92 Å². The van der Waals surface area contributed by atoms with Crippen LogP contribution in [0.2, 0.25) is 0 Å². The molecule has 132 valence electrons. The van der Waals surface area contributed by atoms with Crippen LogP contribution in [0.1, 0.15) is 24.5 Å². The Morgan fingerprint density at radius 3 is 1.80 bits per heavy atom. The molecule has 2 aromatic rings. The molecule has 0 spiro atoms. The average Bonchev–Trinajstić information content (AvgIpc) is 2.63. The Labute approximate surface area is 149 Å². The molecular weight excluding hydrogens is 314 g/mol. The molecule has 0 heterocycles. The third-order valence-electron chi connectivity index (χ3n) is 4.29. The van der Waals surface area contributed by atoms with Gasteiger partial charge in [0.05, 0.1) is 6.42 Å². The first-order valence-corrected chi connectivity index (χ1v) is 8.68. The molecule has 0 saturated heterocycles. The first-order valence-electron chi connectivity index (χ1n) is 8.68. The van der Waals surface area contributed by atoms with Gasteiger partial charge in [-0.1, -0.05) is 60.7 Å². The van der Waals surface area contributed by atoms with E-state index < -0.39 is 5.97 Å². The summed E-state index contributed by atoms with van der Waals surface area (Å²) in [7, 11) is 0. The van der Waals surface area contributed by atoms with Gasteiger partial charge in [0.2, 0.25) is 5.91 Å². The van der Waals surface area contributed by atoms with Crippen molar-refractivity contribution in [3.8, 4) is 0 Å². The molecule has 4 heteroatoms. The summed E-state index contributed by atoms with van der Waals surface area (Å²) in [6.45, 7) is 2.67. The zero-order chi connectivity index (χ0) is 18.1. The van der Waals surface area contributed by atoms with E-state index in [0.717, 1.165) is 11.1 Å². The summed E-state index contributed by atoms with van der Waals surface area (Å²) in [5.41, 5.74) is 2.23. The van der Waals surface area contributed by atoms with Crippen LogP contribution in [-0.2, 0) is 22.4 Å². The normalized spacial score (nSPS) is 10.6. The van der Waals surface area contributed by atoms with Crippen molar-refractivity contribution >= 4 is 11.9 Å². The number of carbonyl (C=O) groups excluding carboxylic acids is 1. The van der Waals surface area contributed by atoms with Crippen molar-refractivity contribution in [1.82, 2.24) is 4.90 Å². The lowest BCUT2D eigenvalue weighted by atomic mass is 9.91. The minimum Gasteiger partial charge on any atom is -0.481 e. The number of nitrogens with zero attached hydrogens (tertiary/aromatic N) is 1. The fourth-order valence-corrected chi connectivity index (χ4v) is 2.96. The Bertz CT molecular complexity index is 629. The number of carboxylic acids is 1. The molecule has 0 atom stereocenters. The zero-order valence-corrected chi connectivity index (χ0v) is 14.6. The number of aliphatic carboxylic acids is 1. The number of rotatable bonds is 9. The first-order chi connectivity index (χ1) is 12.1. The van der Waals surface area contributed by atoms with E-state index in [1.54, 1.807) is 4.90 Å². The third-order valence-corrected chi connectivity index (χ3v) is 4.29. The second-order valence-electron chi connectivity index (χ2n) is 6.14. The van der Waals surface area contributed by atoms with Gasteiger partial charge in [0.25, 0.3) is 0 Å². The van der Waals surface area contributed by atoms with E-state index in [2.05, 4.69) is 0 Å². The van der Waals surface area contributed by atoms with Gasteiger partial charge >= 0.3 is 5.97 Å². The van der Waals surface area contributed by atoms with Gasteiger partial charge in [-0.05, 0) is 30.9 Å². The molecule has 0 fully saturated rings. The first kappa shape index (κ1) is 18.7. The Morgan fingerprint density at radius 2 is 1.40 bits per heavy atom. The fraction of sp³-hybridized carbons (Fsp3) is 0.333. The quantitative estimate of drug-likeness (QED) is 0.762. The van der Waals surface area contributed by atoms with E-state index in [4.69, 9.17) is 5.11 Å². The molecule has 1 N–H and O–H groups in total. The van der Waals surface area contributed by atoms with Crippen molar-refractivity contribution in [3.05, 3.63) is 71.8 Å². The van der Waals surface area contributed by atoms with Gasteiger partial charge < -0.3 is 10.0 Å². The zero-order valence-electron chi connectivity index (χ0n) is 14.6. The van der Waals surface area contributed by atoms with Crippen LogP contribution < -0.4 is 0 Å². The highest BCUT2D eigenvalue weighted by Crippen LogP contribution is 2.18. The van der Waals surface area contributed by atoms with Crippen molar-refractivity contribution in [1.29, 1.82) is 0 Å². The summed E-state index contributed by atoms with van der Waals surface area (Å²) < 4.78 is 0. The van der Waals surface area contributed by atoms with E-state index in [1.807, 2.05) is 67.6 Å². The molecule has 1 amide bonds. The Morgan fingerprint density at radius 1 is 0.920 bits per heavy atom. The van der Waals surface area contributed by atoms with E-state index in [-0.39, 0.29) is 24.8 Å². The number of carboxylic acid groups (broad SMARTS) is 1. The van der Waals surface area contributed by atoms with E-state index in [9.17, 15) is 9.59 Å². The number of amides is 1. The van der Waals surface area contributed by atoms with Crippen molar-refractivity contribution in [2.45, 2.75) is 26.2 Å². The molecule has 2 aromatic carbocycles. The summed E-state index contributed by atoms with van der Waals surface area (Å²) in [6, 6.07) is 19.9. The van der Waals surface area contributed by atoms with Crippen LogP contribution >= 0.6 is 0 Å². The minimum atomic E-state index is -0.881. The molecule has 0 saturated carbocycles. The highest BCUT2D eigenvalue weighted by Gasteiger charge is 2.24. The summed E-state index contributed by atoms with van der Waals surface area (Å²) in [5.74, 6) is -1.05. The van der Waals surface area contributed by atoms with Crippen LogP contribution in [0.15, 0.2) is 60.7 Å². The van der Waals surface area contributed by atoms with Gasteiger partial charge in [-0.25, -0.2) is 0 Å². The molecule has 0 aliphatic heterocycles. The SMILES string of the molecule is CCN(CCC(=O)O)C(=O)C(Cc1ccccc1)Cc1ccccc1. The van der Waals surface area contributed by atoms with E-state index in [1.165, 1.54) is 0 Å². The topological polar surface area (TPSA) is 57.6 Å². The predicted molar refractivity (Wildman–Crippen MR) is 98.3 cm³/mol. The predicted octanol–water partition coefficient (Wildman–Crippen LogP) is 3.41. The largest absolute Gasteiger partial charge is 0.481 e. The van der Waals surface area contributed by atoms with Crippen LogP contribution in [0.25, 0.3) is 0 Å². The van der Waals surface area contributed by atoms with Crippen LogP contribution in [0.3, 0.4) is 0 Å². The van der Waals surface area contributed by atoms with Gasteiger partial charge in [0, 0.05) is 19.0 Å². The lowest BCUT2D eigenvalue weighted by Gasteiger charge is -2.26. The van der Waals surface area contributed by atoms with Gasteiger partial charge in [-0.15, -0.1) is 0 Å².